The van der Waals surface area contributed by atoms with Crippen molar-refractivity contribution in [1.29, 1.82) is 0 Å². The van der Waals surface area contributed by atoms with Gasteiger partial charge in [-0.3, -0.25) is 4.99 Å². The van der Waals surface area contributed by atoms with Gasteiger partial charge in [0.05, 0.1) is 11.3 Å². The summed E-state index contributed by atoms with van der Waals surface area (Å²) in [7, 11) is -3.12. The molecule has 27 heavy (non-hydrogen) atoms. The first-order valence-corrected chi connectivity index (χ1v) is 12.4. The summed E-state index contributed by atoms with van der Waals surface area (Å²) in [6, 6.07) is 4.70. The second-order valence-corrected chi connectivity index (χ2v) is 9.63. The third-order valence-electron chi connectivity index (χ3n) is 4.66. The summed E-state index contributed by atoms with van der Waals surface area (Å²) >= 11 is 1.79. The van der Waals surface area contributed by atoms with Crippen LogP contribution < -0.4 is 15.5 Å². The minimum absolute atomic E-state index is 0.419. The Labute approximate surface area is 167 Å². The molecule has 1 saturated heterocycles. The van der Waals surface area contributed by atoms with Crippen molar-refractivity contribution in [2.75, 3.05) is 50.4 Å². The van der Waals surface area contributed by atoms with Crippen molar-refractivity contribution in [1.82, 2.24) is 14.9 Å². The zero-order chi connectivity index (χ0) is 19.7. The van der Waals surface area contributed by atoms with Crippen LogP contribution in [0.4, 0.5) is 5.00 Å². The third kappa shape index (κ3) is 7.31. The van der Waals surface area contributed by atoms with E-state index in [2.05, 4.69) is 45.0 Å². The van der Waals surface area contributed by atoms with Crippen LogP contribution in [0.25, 0.3) is 0 Å². The molecule has 0 spiro atoms. The molecule has 0 atom stereocenters. The first-order valence-electron chi connectivity index (χ1n) is 9.72. The molecule has 0 bridgehead atoms. The highest BCUT2D eigenvalue weighted by atomic mass is 32.2. The fourth-order valence-electron chi connectivity index (χ4n) is 3.20. The SMILES string of the molecule is CCNC(=NCCCN(CC)S(C)(=O)=O)NC1CCN(c2cccs2)CC1. The van der Waals surface area contributed by atoms with Crippen LogP contribution in [-0.4, -0.2) is 70.2 Å². The molecule has 1 aliphatic rings. The van der Waals surface area contributed by atoms with Gasteiger partial charge >= 0.3 is 0 Å². The molecule has 2 rings (SSSR count). The van der Waals surface area contributed by atoms with Gasteiger partial charge < -0.3 is 15.5 Å². The van der Waals surface area contributed by atoms with Crippen LogP contribution in [0.1, 0.15) is 33.1 Å². The Hall–Kier alpha value is -1.32. The Morgan fingerprint density at radius 1 is 1.37 bits per heavy atom. The largest absolute Gasteiger partial charge is 0.363 e. The van der Waals surface area contributed by atoms with Crippen molar-refractivity contribution < 1.29 is 8.42 Å². The van der Waals surface area contributed by atoms with Crippen molar-refractivity contribution in [3.05, 3.63) is 17.5 Å². The van der Waals surface area contributed by atoms with E-state index in [0.29, 0.717) is 32.1 Å². The maximum atomic E-state index is 11.6. The molecule has 2 N–H and O–H groups in total. The van der Waals surface area contributed by atoms with E-state index in [1.807, 2.05) is 6.92 Å². The molecule has 0 amide bonds. The first kappa shape index (κ1) is 22.0. The van der Waals surface area contributed by atoms with E-state index in [9.17, 15) is 8.42 Å². The molecule has 2 heterocycles. The standard InChI is InChI=1S/C18H33N5O2S2/c1-4-19-18(20-11-7-12-23(5-2)27(3,24)25)21-16-9-13-22(14-10-16)17-8-6-15-26-17/h6,8,15-16H,4-5,7,9-14H2,1-3H3,(H2,19,20,21). The van der Waals surface area contributed by atoms with Crippen molar-refractivity contribution in [2.45, 2.75) is 39.2 Å². The number of piperidine rings is 1. The topological polar surface area (TPSA) is 77.0 Å². The van der Waals surface area contributed by atoms with Crippen LogP contribution in [0.3, 0.4) is 0 Å². The van der Waals surface area contributed by atoms with Gasteiger partial charge in [0.2, 0.25) is 10.0 Å². The van der Waals surface area contributed by atoms with Crippen molar-refractivity contribution in [3.63, 3.8) is 0 Å². The minimum Gasteiger partial charge on any atom is -0.363 e. The summed E-state index contributed by atoms with van der Waals surface area (Å²) in [6.07, 6.45) is 4.14. The molecule has 1 fully saturated rings. The summed E-state index contributed by atoms with van der Waals surface area (Å²) in [5.74, 6) is 0.828. The fourth-order valence-corrected chi connectivity index (χ4v) is 4.92. The number of nitrogens with zero attached hydrogens (tertiary/aromatic N) is 3. The van der Waals surface area contributed by atoms with Crippen molar-refractivity contribution in [2.24, 2.45) is 4.99 Å². The number of rotatable bonds is 9. The van der Waals surface area contributed by atoms with Gasteiger partial charge in [-0.15, -0.1) is 11.3 Å². The quantitative estimate of drug-likeness (QED) is 0.366. The Balaban J connectivity index is 1.78. The number of hydrogen-bond acceptors (Lipinski definition) is 5. The number of aliphatic imine (C=N–C) groups is 1. The van der Waals surface area contributed by atoms with E-state index in [1.54, 1.807) is 11.3 Å². The zero-order valence-corrected chi connectivity index (χ0v) is 18.3. The van der Waals surface area contributed by atoms with Crippen LogP contribution in [-0.2, 0) is 10.0 Å². The first-order chi connectivity index (χ1) is 12.9. The number of hydrogen-bond donors (Lipinski definition) is 2. The second-order valence-electron chi connectivity index (χ2n) is 6.73. The van der Waals surface area contributed by atoms with Gasteiger partial charge in [-0.1, -0.05) is 6.92 Å². The third-order valence-corrected chi connectivity index (χ3v) is 6.96. The van der Waals surface area contributed by atoms with Gasteiger partial charge in [0, 0.05) is 45.3 Å². The highest BCUT2D eigenvalue weighted by Gasteiger charge is 2.20. The maximum Gasteiger partial charge on any atom is 0.211 e. The molecule has 0 radical (unpaired) electrons. The molecule has 9 heteroatoms. The van der Waals surface area contributed by atoms with Gasteiger partial charge in [0.25, 0.3) is 0 Å². The lowest BCUT2D eigenvalue weighted by atomic mass is 10.1. The summed E-state index contributed by atoms with van der Waals surface area (Å²) in [5.41, 5.74) is 0. The number of guanidine groups is 1. The van der Waals surface area contributed by atoms with E-state index < -0.39 is 10.0 Å². The molecule has 1 aromatic heterocycles. The predicted molar refractivity (Wildman–Crippen MR) is 115 cm³/mol. The normalized spacial score (nSPS) is 16.7. The van der Waals surface area contributed by atoms with Crippen LogP contribution in [0, 0.1) is 0 Å². The van der Waals surface area contributed by atoms with Gasteiger partial charge in [0.15, 0.2) is 5.96 Å². The molecular weight excluding hydrogens is 382 g/mol. The highest BCUT2D eigenvalue weighted by Crippen LogP contribution is 2.24. The molecular formula is C18H33N5O2S2. The van der Waals surface area contributed by atoms with E-state index in [0.717, 1.165) is 38.4 Å². The Bertz CT molecular complexity index is 668. The minimum atomic E-state index is -3.12. The Kier molecular flexibility index (Phi) is 8.85. The summed E-state index contributed by atoms with van der Waals surface area (Å²) in [4.78, 5) is 7.07. The lowest BCUT2D eigenvalue weighted by Gasteiger charge is -2.33. The number of thiophene rings is 1. The number of anilines is 1. The van der Waals surface area contributed by atoms with E-state index in [4.69, 9.17) is 0 Å². The van der Waals surface area contributed by atoms with Crippen molar-refractivity contribution >= 4 is 32.3 Å². The molecule has 154 valence electrons. The molecule has 0 saturated carbocycles. The van der Waals surface area contributed by atoms with Gasteiger partial charge in [-0.05, 0) is 43.7 Å². The Morgan fingerprint density at radius 2 is 2.11 bits per heavy atom. The molecule has 1 aromatic rings. The van der Waals surface area contributed by atoms with Crippen LogP contribution in [0.2, 0.25) is 0 Å². The van der Waals surface area contributed by atoms with Crippen LogP contribution in [0.15, 0.2) is 22.5 Å². The fraction of sp³-hybridized carbons (Fsp3) is 0.722. The van der Waals surface area contributed by atoms with Gasteiger partial charge in [-0.2, -0.15) is 0 Å². The summed E-state index contributed by atoms with van der Waals surface area (Å²) < 4.78 is 24.7. The lowest BCUT2D eigenvalue weighted by molar-refractivity contribution is 0.426. The van der Waals surface area contributed by atoms with Crippen molar-refractivity contribution in [3.8, 4) is 0 Å². The van der Waals surface area contributed by atoms with Gasteiger partial charge in [-0.25, -0.2) is 12.7 Å². The molecule has 0 aromatic carbocycles. The highest BCUT2D eigenvalue weighted by molar-refractivity contribution is 7.88. The average molecular weight is 416 g/mol. The zero-order valence-electron chi connectivity index (χ0n) is 16.6. The summed E-state index contributed by atoms with van der Waals surface area (Å²) in [6.45, 7) is 8.45. The number of sulfonamides is 1. The Morgan fingerprint density at radius 3 is 2.67 bits per heavy atom. The monoisotopic (exact) mass is 415 g/mol. The predicted octanol–water partition coefficient (Wildman–Crippen LogP) is 1.94. The van der Waals surface area contributed by atoms with Gasteiger partial charge in [0.1, 0.15) is 0 Å². The number of nitrogens with one attached hydrogen (secondary N) is 2. The van der Waals surface area contributed by atoms with E-state index in [1.165, 1.54) is 15.6 Å². The van der Waals surface area contributed by atoms with Crippen LogP contribution >= 0.6 is 11.3 Å². The van der Waals surface area contributed by atoms with Crippen LogP contribution in [0.5, 0.6) is 0 Å². The second kappa shape index (κ2) is 10.9. The summed E-state index contributed by atoms with van der Waals surface area (Å²) in [5, 5.41) is 10.3. The molecule has 0 aliphatic carbocycles. The molecule has 7 nitrogen and oxygen atoms in total. The average Bonchev–Trinajstić information content (AvgIpc) is 3.16. The molecule has 1 aliphatic heterocycles. The van der Waals surface area contributed by atoms with E-state index >= 15 is 0 Å². The van der Waals surface area contributed by atoms with E-state index in [-0.39, 0.29) is 0 Å². The smallest absolute Gasteiger partial charge is 0.211 e. The molecule has 0 unspecified atom stereocenters. The lowest BCUT2D eigenvalue weighted by Crippen LogP contribution is -2.48. The maximum absolute atomic E-state index is 11.6.